The largest absolute Gasteiger partial charge is 0.384 e. The summed E-state index contributed by atoms with van der Waals surface area (Å²) in [6, 6.07) is 8.65. The van der Waals surface area contributed by atoms with Crippen LogP contribution in [0.3, 0.4) is 0 Å². The highest BCUT2D eigenvalue weighted by Gasteiger charge is 2.27. The first kappa shape index (κ1) is 13.7. The first-order valence-electron chi connectivity index (χ1n) is 8.07. The van der Waals surface area contributed by atoms with Gasteiger partial charge in [0.15, 0.2) is 5.78 Å². The molecular formula is C20H20O2. The molecule has 0 aliphatic heterocycles. The molecule has 112 valence electrons. The molecule has 0 saturated heterocycles. The molecule has 1 unspecified atom stereocenters. The minimum absolute atomic E-state index is 0.285. The number of fused-ring (bicyclic) bond motifs is 5. The van der Waals surface area contributed by atoms with E-state index in [-0.39, 0.29) is 5.78 Å². The second-order valence-corrected chi connectivity index (χ2v) is 6.29. The van der Waals surface area contributed by atoms with E-state index < -0.39 is 0 Å². The van der Waals surface area contributed by atoms with Crippen molar-refractivity contribution in [1.29, 1.82) is 0 Å². The number of methoxy groups -OCH3 is 1. The van der Waals surface area contributed by atoms with Gasteiger partial charge in [-0.3, -0.25) is 4.79 Å². The van der Waals surface area contributed by atoms with Crippen molar-refractivity contribution in [3.05, 3.63) is 45.8 Å². The molecule has 2 aliphatic rings. The molecule has 2 aromatic carbocycles. The van der Waals surface area contributed by atoms with Crippen LogP contribution in [0.15, 0.2) is 24.3 Å². The second kappa shape index (κ2) is 5.36. The molecule has 0 amide bonds. The summed E-state index contributed by atoms with van der Waals surface area (Å²) < 4.78 is 5.35. The predicted octanol–water partition coefficient (Wildman–Crippen LogP) is 2.90. The van der Waals surface area contributed by atoms with Crippen molar-refractivity contribution in [2.75, 3.05) is 13.7 Å². The van der Waals surface area contributed by atoms with Crippen LogP contribution in [-0.2, 0) is 4.74 Å². The van der Waals surface area contributed by atoms with Gasteiger partial charge in [-0.05, 0) is 46.0 Å². The number of Topliss-reactive ketones (excluding diaryl/α,β-unsaturated/α-hetero) is 1. The minimum Gasteiger partial charge on any atom is -0.384 e. The monoisotopic (exact) mass is 292 g/mol. The summed E-state index contributed by atoms with van der Waals surface area (Å²) in [6.07, 6.45) is 8.33. The molecule has 0 radical (unpaired) electrons. The second-order valence-electron chi connectivity index (χ2n) is 6.29. The molecule has 0 saturated carbocycles. The molecule has 22 heavy (non-hydrogen) atoms. The maximum atomic E-state index is 12.6. The third-order valence-electron chi connectivity index (χ3n) is 4.99. The molecule has 0 spiro atoms. The Hall–Kier alpha value is -1.93. The Morgan fingerprint density at radius 2 is 1.91 bits per heavy atom. The van der Waals surface area contributed by atoms with Gasteiger partial charge in [-0.15, -0.1) is 0 Å². The Kier molecular flexibility index (Phi) is 3.34. The molecule has 2 aromatic rings. The van der Waals surface area contributed by atoms with E-state index in [0.29, 0.717) is 18.9 Å². The van der Waals surface area contributed by atoms with Crippen molar-refractivity contribution in [3.8, 4) is 0 Å². The summed E-state index contributed by atoms with van der Waals surface area (Å²) in [7, 11) is 1.73. The van der Waals surface area contributed by atoms with Crippen molar-refractivity contribution in [2.24, 2.45) is 0 Å². The predicted molar refractivity (Wildman–Crippen MR) is 89.5 cm³/mol. The van der Waals surface area contributed by atoms with E-state index in [1.807, 2.05) is 0 Å². The lowest BCUT2D eigenvalue weighted by Gasteiger charge is -2.25. The Labute approximate surface area is 130 Å². The number of carbonyl (C=O) groups is 1. The molecule has 0 bridgehead atoms. The van der Waals surface area contributed by atoms with Crippen molar-refractivity contribution in [1.82, 2.24) is 0 Å². The maximum Gasteiger partial charge on any atom is 0.163 e. The highest BCUT2D eigenvalue weighted by Crippen LogP contribution is 2.35. The van der Waals surface area contributed by atoms with Crippen LogP contribution in [0.1, 0.15) is 47.5 Å². The number of hydrogen-bond donors (Lipinski definition) is 0. The van der Waals surface area contributed by atoms with Gasteiger partial charge in [-0.2, -0.15) is 0 Å². The van der Waals surface area contributed by atoms with Gasteiger partial charge in [0.2, 0.25) is 0 Å². The van der Waals surface area contributed by atoms with Gasteiger partial charge in [0.25, 0.3) is 0 Å². The standard InChI is InChI=1S/C20H20O2/c1-22-12-14-7-11-19(21)20-16(14)9-10-17-15-5-3-2-4-13(15)6-8-18(17)20/h4-6,8-10,14H,2-3,7,11-12H2,1H3. The topological polar surface area (TPSA) is 26.3 Å². The van der Waals surface area contributed by atoms with Crippen molar-refractivity contribution in [3.63, 3.8) is 0 Å². The number of hydrogen-bond acceptors (Lipinski definition) is 2. The van der Waals surface area contributed by atoms with E-state index in [1.54, 1.807) is 7.11 Å². The molecule has 1 atom stereocenters. The lowest BCUT2D eigenvalue weighted by molar-refractivity contribution is 0.0953. The highest BCUT2D eigenvalue weighted by molar-refractivity contribution is 6.10. The van der Waals surface area contributed by atoms with E-state index >= 15 is 0 Å². The van der Waals surface area contributed by atoms with E-state index in [0.717, 1.165) is 30.2 Å². The minimum atomic E-state index is 0.285. The van der Waals surface area contributed by atoms with Crippen molar-refractivity contribution in [2.45, 2.75) is 31.6 Å². The lowest BCUT2D eigenvalue weighted by Crippen LogP contribution is -2.28. The fourth-order valence-corrected chi connectivity index (χ4v) is 3.95. The molecular weight excluding hydrogens is 272 g/mol. The SMILES string of the molecule is COCC1CCC(=O)c2c1ccc1c3c(ccc21)=CCCC=3. The Balaban J connectivity index is 2.04. The summed E-state index contributed by atoms with van der Waals surface area (Å²) in [6.45, 7) is 0.691. The summed E-state index contributed by atoms with van der Waals surface area (Å²) in [5.74, 6) is 0.626. The van der Waals surface area contributed by atoms with Gasteiger partial charge < -0.3 is 4.74 Å². The van der Waals surface area contributed by atoms with Crippen molar-refractivity contribution >= 4 is 28.7 Å². The highest BCUT2D eigenvalue weighted by atomic mass is 16.5. The molecule has 4 rings (SSSR count). The van der Waals surface area contributed by atoms with Crippen molar-refractivity contribution < 1.29 is 9.53 Å². The van der Waals surface area contributed by atoms with E-state index in [1.165, 1.54) is 21.4 Å². The van der Waals surface area contributed by atoms with Gasteiger partial charge in [-0.1, -0.05) is 36.4 Å². The van der Waals surface area contributed by atoms with Crippen LogP contribution in [0.25, 0.3) is 22.9 Å². The van der Waals surface area contributed by atoms with Crippen LogP contribution >= 0.6 is 0 Å². The molecule has 2 aliphatic carbocycles. The third kappa shape index (κ3) is 2.02. The summed E-state index contributed by atoms with van der Waals surface area (Å²) >= 11 is 0. The summed E-state index contributed by atoms with van der Waals surface area (Å²) in [5.41, 5.74) is 2.11. The third-order valence-corrected chi connectivity index (χ3v) is 4.99. The first-order chi connectivity index (χ1) is 10.8. The Morgan fingerprint density at radius 3 is 2.77 bits per heavy atom. The zero-order valence-electron chi connectivity index (χ0n) is 12.9. The Morgan fingerprint density at radius 1 is 1.09 bits per heavy atom. The fraction of sp³-hybridized carbons (Fsp3) is 0.350. The normalized spacial score (nSPS) is 20.0. The average Bonchev–Trinajstić information content (AvgIpc) is 2.56. The summed E-state index contributed by atoms with van der Waals surface area (Å²) in [4.78, 5) is 12.6. The van der Waals surface area contributed by atoms with Gasteiger partial charge >= 0.3 is 0 Å². The van der Waals surface area contributed by atoms with E-state index in [9.17, 15) is 4.79 Å². The van der Waals surface area contributed by atoms with E-state index in [2.05, 4.69) is 36.4 Å². The molecule has 2 nitrogen and oxygen atoms in total. The number of rotatable bonds is 2. The van der Waals surface area contributed by atoms with Gasteiger partial charge in [-0.25, -0.2) is 0 Å². The van der Waals surface area contributed by atoms with E-state index in [4.69, 9.17) is 4.74 Å². The van der Waals surface area contributed by atoms with Crippen LogP contribution in [0.4, 0.5) is 0 Å². The lowest BCUT2D eigenvalue weighted by atomic mass is 9.79. The fourth-order valence-electron chi connectivity index (χ4n) is 3.95. The molecule has 0 N–H and O–H groups in total. The zero-order chi connectivity index (χ0) is 15.1. The average molecular weight is 292 g/mol. The molecule has 0 aromatic heterocycles. The number of benzene rings is 2. The molecule has 0 fully saturated rings. The van der Waals surface area contributed by atoms with Crippen LogP contribution < -0.4 is 10.4 Å². The zero-order valence-corrected chi connectivity index (χ0v) is 12.9. The van der Waals surface area contributed by atoms with Gasteiger partial charge in [0.05, 0.1) is 6.61 Å². The number of carbonyl (C=O) groups excluding carboxylic acids is 1. The first-order valence-corrected chi connectivity index (χ1v) is 8.07. The summed E-state index contributed by atoms with van der Waals surface area (Å²) in [5, 5.41) is 4.94. The number of ketones is 1. The maximum absolute atomic E-state index is 12.6. The quantitative estimate of drug-likeness (QED) is 0.851. The molecule has 2 heteroatoms. The molecule has 0 heterocycles. The van der Waals surface area contributed by atoms with Crippen LogP contribution in [0, 0.1) is 0 Å². The van der Waals surface area contributed by atoms with Gasteiger partial charge in [0, 0.05) is 25.0 Å². The van der Waals surface area contributed by atoms with Crippen LogP contribution in [0.2, 0.25) is 0 Å². The smallest absolute Gasteiger partial charge is 0.163 e. The Bertz CT molecular complexity index is 877. The van der Waals surface area contributed by atoms with Crippen LogP contribution in [0.5, 0.6) is 0 Å². The number of ether oxygens (including phenoxy) is 1. The van der Waals surface area contributed by atoms with Gasteiger partial charge in [0.1, 0.15) is 0 Å². The van der Waals surface area contributed by atoms with Crippen LogP contribution in [-0.4, -0.2) is 19.5 Å².